The van der Waals surface area contributed by atoms with Crippen LogP contribution >= 0.6 is 11.6 Å². The highest BCUT2D eigenvalue weighted by Crippen LogP contribution is 2.38. The number of aromatic nitrogens is 3. The van der Waals surface area contributed by atoms with Gasteiger partial charge in [-0.3, -0.25) is 9.78 Å². The highest BCUT2D eigenvalue weighted by Gasteiger charge is 2.18. The number of fused-ring (bicyclic) bond motifs is 1. The highest BCUT2D eigenvalue weighted by molar-refractivity contribution is 6.32. The molecule has 36 heavy (non-hydrogen) atoms. The first kappa shape index (κ1) is 24.9. The lowest BCUT2D eigenvalue weighted by Gasteiger charge is -2.25. The number of rotatable bonds is 11. The van der Waals surface area contributed by atoms with Crippen molar-refractivity contribution >= 4 is 39.9 Å². The molecule has 0 saturated heterocycles. The smallest absolute Gasteiger partial charge is 0.216 e. The number of benzene rings is 2. The van der Waals surface area contributed by atoms with E-state index in [1.165, 1.54) is 13.3 Å². The van der Waals surface area contributed by atoms with Gasteiger partial charge in [0.25, 0.3) is 0 Å². The van der Waals surface area contributed by atoms with Crippen LogP contribution in [0.1, 0.15) is 12.6 Å². The second kappa shape index (κ2) is 12.0. The fourth-order valence-electron chi connectivity index (χ4n) is 3.63. The lowest BCUT2D eigenvalue weighted by molar-refractivity contribution is -0.119. The zero-order chi connectivity index (χ0) is 25.3. The molecule has 4 rings (SSSR count). The van der Waals surface area contributed by atoms with Gasteiger partial charge in [0.1, 0.15) is 36.9 Å². The number of carbonyl (C=O) groups is 1. The fraction of sp³-hybridized carbons (Fsp3) is 0.185. The summed E-state index contributed by atoms with van der Waals surface area (Å²) in [5.41, 5.74) is 2.34. The molecule has 2 aromatic heterocycles. The number of nitrogens with zero attached hydrogens (tertiary/aromatic N) is 4. The molecule has 1 amide bonds. The van der Waals surface area contributed by atoms with Crippen LogP contribution in [0.2, 0.25) is 5.02 Å². The minimum absolute atomic E-state index is 0.109. The predicted molar refractivity (Wildman–Crippen MR) is 141 cm³/mol. The first-order valence-electron chi connectivity index (χ1n) is 11.4. The van der Waals surface area contributed by atoms with Crippen molar-refractivity contribution in [2.75, 3.05) is 24.6 Å². The Morgan fingerprint density at radius 3 is 2.72 bits per heavy atom. The minimum Gasteiger partial charge on any atom is -0.491 e. The summed E-state index contributed by atoms with van der Waals surface area (Å²) >= 11 is 6.60. The van der Waals surface area contributed by atoms with Gasteiger partial charge < -0.3 is 19.7 Å². The molecule has 0 spiro atoms. The van der Waals surface area contributed by atoms with E-state index in [0.29, 0.717) is 48.6 Å². The molecule has 184 valence electrons. The quantitative estimate of drug-likeness (QED) is 0.225. The van der Waals surface area contributed by atoms with Crippen LogP contribution in [0.5, 0.6) is 11.5 Å². The standard InChI is InChI=1S/C27H26ClN5O3/c1-3-14-33(21-10-11-24(22(28)16-21)36-17-20-7-4-5-12-30-20)27-26-23(31-18-32-27)8-6-9-25(26)35-15-13-29-19(2)34/h3-12,16,18H,1,13-15,17H2,2H3,(H,29,34). The lowest BCUT2D eigenvalue weighted by Crippen LogP contribution is -2.25. The molecule has 0 unspecified atom stereocenters. The number of hydrogen-bond acceptors (Lipinski definition) is 7. The zero-order valence-corrected chi connectivity index (χ0v) is 20.6. The number of halogens is 1. The highest BCUT2D eigenvalue weighted by atomic mass is 35.5. The summed E-state index contributed by atoms with van der Waals surface area (Å²) in [5, 5.41) is 3.94. The van der Waals surface area contributed by atoms with Crippen LogP contribution in [0.25, 0.3) is 10.9 Å². The third-order valence-corrected chi connectivity index (χ3v) is 5.53. The van der Waals surface area contributed by atoms with Crippen LogP contribution in [0.4, 0.5) is 11.5 Å². The summed E-state index contributed by atoms with van der Waals surface area (Å²) in [7, 11) is 0. The molecular weight excluding hydrogens is 478 g/mol. The molecule has 1 N–H and O–H groups in total. The van der Waals surface area contributed by atoms with Gasteiger partial charge in [0.05, 0.1) is 28.2 Å². The second-order valence-electron chi connectivity index (χ2n) is 7.80. The Labute approximate surface area is 214 Å². The van der Waals surface area contributed by atoms with E-state index in [1.807, 2.05) is 59.5 Å². The molecule has 8 nitrogen and oxygen atoms in total. The van der Waals surface area contributed by atoms with E-state index in [1.54, 1.807) is 12.3 Å². The molecule has 0 aliphatic heterocycles. The first-order valence-corrected chi connectivity index (χ1v) is 11.8. The number of amides is 1. The number of hydrogen-bond donors (Lipinski definition) is 1. The molecule has 4 aromatic rings. The average Bonchev–Trinajstić information content (AvgIpc) is 2.89. The van der Waals surface area contributed by atoms with Crippen LogP contribution in [0.3, 0.4) is 0 Å². The van der Waals surface area contributed by atoms with E-state index in [4.69, 9.17) is 21.1 Å². The summed E-state index contributed by atoms with van der Waals surface area (Å²) in [6, 6.07) is 16.9. The Morgan fingerprint density at radius 1 is 1.08 bits per heavy atom. The minimum atomic E-state index is -0.109. The van der Waals surface area contributed by atoms with Crippen molar-refractivity contribution in [2.45, 2.75) is 13.5 Å². The van der Waals surface area contributed by atoms with Gasteiger partial charge in [-0.2, -0.15) is 0 Å². The van der Waals surface area contributed by atoms with E-state index in [0.717, 1.165) is 22.3 Å². The molecule has 2 aromatic carbocycles. The van der Waals surface area contributed by atoms with E-state index < -0.39 is 0 Å². The van der Waals surface area contributed by atoms with Crippen LogP contribution in [-0.4, -0.2) is 40.6 Å². The summed E-state index contributed by atoms with van der Waals surface area (Å²) in [5.74, 6) is 1.71. The molecular formula is C27H26ClN5O3. The number of pyridine rings is 1. The number of carbonyl (C=O) groups excluding carboxylic acids is 1. The lowest BCUT2D eigenvalue weighted by atomic mass is 10.2. The maximum atomic E-state index is 11.2. The van der Waals surface area contributed by atoms with Gasteiger partial charge in [-0.05, 0) is 42.5 Å². The van der Waals surface area contributed by atoms with Gasteiger partial charge in [0.15, 0.2) is 0 Å². The molecule has 0 radical (unpaired) electrons. The van der Waals surface area contributed by atoms with E-state index in [9.17, 15) is 4.79 Å². The van der Waals surface area contributed by atoms with Crippen molar-refractivity contribution in [3.05, 3.63) is 90.5 Å². The van der Waals surface area contributed by atoms with Gasteiger partial charge in [-0.1, -0.05) is 29.8 Å². The molecule has 0 saturated carbocycles. The fourth-order valence-corrected chi connectivity index (χ4v) is 3.86. The van der Waals surface area contributed by atoms with Crippen molar-refractivity contribution in [3.8, 4) is 11.5 Å². The van der Waals surface area contributed by atoms with E-state index >= 15 is 0 Å². The van der Waals surface area contributed by atoms with Crippen LogP contribution < -0.4 is 19.7 Å². The van der Waals surface area contributed by atoms with Crippen molar-refractivity contribution in [1.29, 1.82) is 0 Å². The van der Waals surface area contributed by atoms with Gasteiger partial charge in [-0.25, -0.2) is 9.97 Å². The molecule has 0 aliphatic rings. The van der Waals surface area contributed by atoms with Crippen molar-refractivity contribution in [2.24, 2.45) is 0 Å². The SMILES string of the molecule is C=CCN(c1ccc(OCc2ccccn2)c(Cl)c1)c1ncnc2cccc(OCCNC(C)=O)c12. The van der Waals surface area contributed by atoms with Crippen LogP contribution in [-0.2, 0) is 11.4 Å². The zero-order valence-electron chi connectivity index (χ0n) is 19.9. The van der Waals surface area contributed by atoms with Crippen molar-refractivity contribution in [3.63, 3.8) is 0 Å². The van der Waals surface area contributed by atoms with E-state index in [2.05, 4.69) is 26.8 Å². The Morgan fingerprint density at radius 2 is 1.97 bits per heavy atom. The van der Waals surface area contributed by atoms with Gasteiger partial charge in [0, 0.05) is 25.4 Å². The Kier molecular flexibility index (Phi) is 8.31. The third-order valence-electron chi connectivity index (χ3n) is 5.23. The monoisotopic (exact) mass is 503 g/mol. The summed E-state index contributed by atoms with van der Waals surface area (Å²) in [4.78, 5) is 26.4. The molecule has 9 heteroatoms. The van der Waals surface area contributed by atoms with Gasteiger partial charge >= 0.3 is 0 Å². The van der Waals surface area contributed by atoms with Crippen LogP contribution in [0.15, 0.2) is 79.8 Å². The first-order chi connectivity index (χ1) is 17.6. The molecule has 0 atom stereocenters. The summed E-state index contributed by atoms with van der Waals surface area (Å²) in [6.07, 6.45) is 5.02. The Hall–Kier alpha value is -4.17. The maximum absolute atomic E-state index is 11.2. The third kappa shape index (κ3) is 6.09. The average molecular weight is 504 g/mol. The van der Waals surface area contributed by atoms with Gasteiger partial charge in [-0.15, -0.1) is 6.58 Å². The molecule has 2 heterocycles. The topological polar surface area (TPSA) is 89.5 Å². The summed E-state index contributed by atoms with van der Waals surface area (Å²) in [6.45, 7) is 6.86. The van der Waals surface area contributed by atoms with Crippen molar-refractivity contribution in [1.82, 2.24) is 20.3 Å². The van der Waals surface area contributed by atoms with Gasteiger partial charge in [0.2, 0.25) is 5.91 Å². The van der Waals surface area contributed by atoms with Crippen molar-refractivity contribution < 1.29 is 14.3 Å². The number of nitrogens with one attached hydrogen (secondary N) is 1. The van der Waals surface area contributed by atoms with E-state index in [-0.39, 0.29) is 5.91 Å². The normalized spacial score (nSPS) is 10.6. The molecule has 0 fully saturated rings. The Balaban J connectivity index is 1.63. The number of anilines is 2. The maximum Gasteiger partial charge on any atom is 0.216 e. The molecule has 0 aliphatic carbocycles. The summed E-state index contributed by atoms with van der Waals surface area (Å²) < 4.78 is 11.9. The van der Waals surface area contributed by atoms with Crippen LogP contribution in [0, 0.1) is 0 Å². The Bertz CT molecular complexity index is 1340. The molecule has 0 bridgehead atoms. The predicted octanol–water partition coefficient (Wildman–Crippen LogP) is 5.10. The largest absolute Gasteiger partial charge is 0.491 e. The second-order valence-corrected chi connectivity index (χ2v) is 8.21. The number of ether oxygens (including phenoxy) is 2.